The predicted octanol–water partition coefficient (Wildman–Crippen LogP) is 3.03. The van der Waals surface area contributed by atoms with Gasteiger partial charge in [0.1, 0.15) is 17.6 Å². The molecule has 0 aliphatic heterocycles. The van der Waals surface area contributed by atoms with Crippen LogP contribution >= 0.6 is 15.9 Å². The molecule has 0 atom stereocenters. The fourth-order valence-corrected chi connectivity index (χ4v) is 2.08. The Morgan fingerprint density at radius 1 is 1.44 bits per heavy atom. The second-order valence-electron chi connectivity index (χ2n) is 3.55. The third-order valence-corrected chi connectivity index (χ3v) is 2.95. The number of hydrogen-bond donors (Lipinski definition) is 0. The van der Waals surface area contributed by atoms with Gasteiger partial charge < -0.3 is 4.57 Å². The first-order valence-corrected chi connectivity index (χ1v) is 5.62. The van der Waals surface area contributed by atoms with Crippen molar-refractivity contribution in [1.29, 1.82) is 5.26 Å². The zero-order valence-corrected chi connectivity index (χ0v) is 10.6. The number of rotatable bonds is 1. The summed E-state index contributed by atoms with van der Waals surface area (Å²) in [5.74, 6) is 0.815. The Morgan fingerprint density at radius 3 is 2.75 bits per heavy atom. The van der Waals surface area contributed by atoms with Crippen LogP contribution < -0.4 is 0 Å². The van der Waals surface area contributed by atoms with Gasteiger partial charge in [0.15, 0.2) is 0 Å². The van der Waals surface area contributed by atoms with Crippen LogP contribution in [-0.4, -0.2) is 9.55 Å². The normalized spacial score (nSPS) is 10.1. The van der Waals surface area contributed by atoms with E-state index in [0.717, 1.165) is 21.6 Å². The van der Waals surface area contributed by atoms with E-state index >= 15 is 0 Å². The van der Waals surface area contributed by atoms with Crippen LogP contribution in [0.1, 0.15) is 11.4 Å². The first-order chi connectivity index (χ1) is 7.63. The van der Waals surface area contributed by atoms with Gasteiger partial charge in [-0.25, -0.2) is 4.98 Å². The first kappa shape index (κ1) is 10.9. The van der Waals surface area contributed by atoms with Crippen molar-refractivity contribution in [2.75, 3.05) is 0 Å². The highest BCUT2D eigenvalue weighted by Crippen LogP contribution is 2.23. The Bertz CT molecular complexity index is 578. The molecule has 0 N–H and O–H groups in total. The van der Waals surface area contributed by atoms with Gasteiger partial charge in [0.05, 0.1) is 5.69 Å². The zero-order chi connectivity index (χ0) is 11.7. The van der Waals surface area contributed by atoms with E-state index in [2.05, 4.69) is 27.0 Å². The Balaban J connectivity index is 2.62. The molecular weight excluding hydrogens is 266 g/mol. The molecule has 1 aromatic heterocycles. The van der Waals surface area contributed by atoms with Crippen molar-refractivity contribution >= 4 is 15.9 Å². The molecule has 0 saturated heterocycles. The number of benzene rings is 1. The molecule has 4 heteroatoms. The maximum Gasteiger partial charge on any atom is 0.143 e. The van der Waals surface area contributed by atoms with Gasteiger partial charge in [-0.05, 0) is 19.1 Å². The Labute approximate surface area is 102 Å². The van der Waals surface area contributed by atoms with Gasteiger partial charge in [-0.1, -0.05) is 28.1 Å². The Kier molecular flexibility index (Phi) is 2.80. The summed E-state index contributed by atoms with van der Waals surface area (Å²) in [6, 6.07) is 10.0. The molecule has 0 amide bonds. The van der Waals surface area contributed by atoms with Crippen molar-refractivity contribution in [2.45, 2.75) is 6.92 Å². The van der Waals surface area contributed by atoms with Crippen LogP contribution in [0.15, 0.2) is 28.7 Å². The second kappa shape index (κ2) is 4.11. The molecule has 3 nitrogen and oxygen atoms in total. The standard InChI is InChI=1S/C12H10BrN3/c1-8-11(7-14)16(2)12(15-8)9-4-3-5-10(13)6-9/h3-6H,1-2H3. The van der Waals surface area contributed by atoms with Crippen LogP contribution in [0, 0.1) is 18.3 Å². The SMILES string of the molecule is Cc1nc(-c2cccc(Br)c2)n(C)c1C#N. The van der Waals surface area contributed by atoms with Gasteiger partial charge in [-0.3, -0.25) is 0 Å². The first-order valence-electron chi connectivity index (χ1n) is 4.83. The molecule has 0 aliphatic rings. The molecule has 0 aliphatic carbocycles. The molecule has 0 saturated carbocycles. The molecule has 0 unspecified atom stereocenters. The monoisotopic (exact) mass is 275 g/mol. The molecule has 0 bridgehead atoms. The largest absolute Gasteiger partial charge is 0.319 e. The molecule has 16 heavy (non-hydrogen) atoms. The van der Waals surface area contributed by atoms with E-state index in [1.165, 1.54) is 0 Å². The van der Waals surface area contributed by atoms with Crippen LogP contribution in [0.5, 0.6) is 0 Å². The minimum Gasteiger partial charge on any atom is -0.319 e. The summed E-state index contributed by atoms with van der Waals surface area (Å²) in [5, 5.41) is 8.99. The van der Waals surface area contributed by atoms with Gasteiger partial charge in [-0.15, -0.1) is 0 Å². The van der Waals surface area contributed by atoms with E-state index < -0.39 is 0 Å². The maximum atomic E-state index is 8.99. The highest BCUT2D eigenvalue weighted by atomic mass is 79.9. The smallest absolute Gasteiger partial charge is 0.143 e. The molecule has 0 radical (unpaired) electrons. The summed E-state index contributed by atoms with van der Waals surface area (Å²) in [7, 11) is 1.86. The van der Waals surface area contributed by atoms with Crippen LogP contribution in [0.2, 0.25) is 0 Å². The lowest BCUT2D eigenvalue weighted by molar-refractivity contribution is 0.906. The van der Waals surface area contributed by atoms with Crippen molar-refractivity contribution in [1.82, 2.24) is 9.55 Å². The van der Waals surface area contributed by atoms with Crippen LogP contribution in [0.4, 0.5) is 0 Å². The average Bonchev–Trinajstić information content (AvgIpc) is 2.54. The lowest BCUT2D eigenvalue weighted by Gasteiger charge is -2.02. The summed E-state index contributed by atoms with van der Waals surface area (Å²) in [6.07, 6.45) is 0. The highest BCUT2D eigenvalue weighted by Gasteiger charge is 2.12. The van der Waals surface area contributed by atoms with Crippen molar-refractivity contribution in [3.05, 3.63) is 40.1 Å². The minimum absolute atomic E-state index is 0.606. The van der Waals surface area contributed by atoms with Crippen molar-refractivity contribution in [3.63, 3.8) is 0 Å². The molecule has 2 rings (SSSR count). The number of aryl methyl sites for hydroxylation is 1. The summed E-state index contributed by atoms with van der Waals surface area (Å²) in [4.78, 5) is 4.41. The van der Waals surface area contributed by atoms with Gasteiger partial charge in [0.2, 0.25) is 0 Å². The summed E-state index contributed by atoms with van der Waals surface area (Å²) in [6.45, 7) is 1.85. The Morgan fingerprint density at radius 2 is 2.19 bits per heavy atom. The molecule has 1 aromatic carbocycles. The number of imidazole rings is 1. The molecule has 2 aromatic rings. The van der Waals surface area contributed by atoms with Gasteiger partial charge >= 0.3 is 0 Å². The van der Waals surface area contributed by atoms with Gasteiger partial charge in [-0.2, -0.15) is 5.26 Å². The fraction of sp³-hybridized carbons (Fsp3) is 0.167. The summed E-state index contributed by atoms with van der Waals surface area (Å²) in [5.41, 5.74) is 2.37. The summed E-state index contributed by atoms with van der Waals surface area (Å²) >= 11 is 3.42. The topological polar surface area (TPSA) is 41.6 Å². The molecule has 0 fully saturated rings. The van der Waals surface area contributed by atoms with E-state index in [4.69, 9.17) is 5.26 Å². The van der Waals surface area contributed by atoms with Crippen LogP contribution in [0.3, 0.4) is 0 Å². The van der Waals surface area contributed by atoms with E-state index in [1.54, 1.807) is 0 Å². The highest BCUT2D eigenvalue weighted by molar-refractivity contribution is 9.10. The van der Waals surface area contributed by atoms with Crippen LogP contribution in [-0.2, 0) is 7.05 Å². The lowest BCUT2D eigenvalue weighted by Crippen LogP contribution is -1.95. The van der Waals surface area contributed by atoms with Crippen molar-refractivity contribution in [2.24, 2.45) is 7.05 Å². The van der Waals surface area contributed by atoms with Crippen LogP contribution in [0.25, 0.3) is 11.4 Å². The third-order valence-electron chi connectivity index (χ3n) is 2.46. The number of halogens is 1. The van der Waals surface area contributed by atoms with E-state index in [1.807, 2.05) is 42.8 Å². The van der Waals surface area contributed by atoms with Gasteiger partial charge in [0.25, 0.3) is 0 Å². The van der Waals surface area contributed by atoms with Crippen molar-refractivity contribution < 1.29 is 0 Å². The minimum atomic E-state index is 0.606. The number of nitriles is 1. The molecule has 1 heterocycles. The molecule has 80 valence electrons. The molecular formula is C12H10BrN3. The number of nitrogens with zero attached hydrogens (tertiary/aromatic N) is 3. The second-order valence-corrected chi connectivity index (χ2v) is 4.47. The van der Waals surface area contributed by atoms with Gasteiger partial charge in [0, 0.05) is 17.1 Å². The van der Waals surface area contributed by atoms with Crippen molar-refractivity contribution in [3.8, 4) is 17.5 Å². The van der Waals surface area contributed by atoms with E-state index in [9.17, 15) is 0 Å². The third kappa shape index (κ3) is 1.74. The van der Waals surface area contributed by atoms with E-state index in [-0.39, 0.29) is 0 Å². The average molecular weight is 276 g/mol. The number of aromatic nitrogens is 2. The Hall–Kier alpha value is -1.60. The zero-order valence-electron chi connectivity index (χ0n) is 9.03. The maximum absolute atomic E-state index is 8.99. The molecule has 0 spiro atoms. The lowest BCUT2D eigenvalue weighted by atomic mass is 10.2. The number of hydrogen-bond acceptors (Lipinski definition) is 2. The predicted molar refractivity (Wildman–Crippen MR) is 65.8 cm³/mol. The van der Waals surface area contributed by atoms with E-state index in [0.29, 0.717) is 5.69 Å². The summed E-state index contributed by atoms with van der Waals surface area (Å²) < 4.78 is 2.82. The fourth-order valence-electron chi connectivity index (χ4n) is 1.68. The quantitative estimate of drug-likeness (QED) is 0.803.